The lowest BCUT2D eigenvalue weighted by Gasteiger charge is -2.36. The van der Waals surface area contributed by atoms with Crippen LogP contribution in [0.25, 0.3) is 0 Å². The van der Waals surface area contributed by atoms with Crippen molar-refractivity contribution in [3.8, 4) is 0 Å². The molecule has 0 radical (unpaired) electrons. The van der Waals surface area contributed by atoms with E-state index in [1.54, 1.807) is 4.90 Å². The molecule has 1 saturated heterocycles. The lowest BCUT2D eigenvalue weighted by atomic mass is 9.87. The van der Waals surface area contributed by atoms with Crippen LogP contribution in [-0.4, -0.2) is 43.1 Å². The minimum Gasteiger partial charge on any atom is -0.469 e. The Hall–Kier alpha value is -2.04. The third kappa shape index (κ3) is 4.28. The number of amides is 2. The summed E-state index contributed by atoms with van der Waals surface area (Å²) in [5.74, 6) is 0.0623. The maximum absolute atomic E-state index is 12.5. The van der Waals surface area contributed by atoms with E-state index in [2.05, 4.69) is 24.4 Å². The summed E-state index contributed by atoms with van der Waals surface area (Å²) in [6.45, 7) is 7.31. The van der Waals surface area contributed by atoms with Gasteiger partial charge in [0.2, 0.25) is 0 Å². The molecule has 5 heteroatoms. The number of hydrogen-bond acceptors (Lipinski definition) is 3. The molecule has 132 valence electrons. The standard InChI is InChI=1S/C19H28N2O3/c1-13-12-21(11-10-17(13)18(22)24-4)19(23)20-15(3)14(2)16-8-6-5-7-9-16/h5-9,13-15,17H,10-12H2,1-4H3,(H,20,23)/t13-,14+,15+,17+/m0/s1. The van der Waals surface area contributed by atoms with Gasteiger partial charge < -0.3 is 15.0 Å². The van der Waals surface area contributed by atoms with E-state index in [0.29, 0.717) is 19.5 Å². The highest BCUT2D eigenvalue weighted by Gasteiger charge is 2.34. The first-order valence-electron chi connectivity index (χ1n) is 8.62. The van der Waals surface area contributed by atoms with Crippen LogP contribution < -0.4 is 5.32 Å². The smallest absolute Gasteiger partial charge is 0.317 e. The number of nitrogens with one attached hydrogen (secondary N) is 1. The lowest BCUT2D eigenvalue weighted by molar-refractivity contribution is -0.148. The van der Waals surface area contributed by atoms with Crippen molar-refractivity contribution >= 4 is 12.0 Å². The van der Waals surface area contributed by atoms with Crippen molar-refractivity contribution in [2.45, 2.75) is 39.2 Å². The molecule has 1 fully saturated rings. The molecule has 4 atom stereocenters. The average molecular weight is 332 g/mol. The van der Waals surface area contributed by atoms with Gasteiger partial charge in [-0.3, -0.25) is 4.79 Å². The van der Waals surface area contributed by atoms with Gasteiger partial charge in [0.1, 0.15) is 0 Å². The van der Waals surface area contributed by atoms with Gasteiger partial charge in [0.15, 0.2) is 0 Å². The quantitative estimate of drug-likeness (QED) is 0.862. The van der Waals surface area contributed by atoms with Crippen molar-refractivity contribution in [1.82, 2.24) is 10.2 Å². The van der Waals surface area contributed by atoms with E-state index in [-0.39, 0.29) is 35.8 Å². The maximum Gasteiger partial charge on any atom is 0.317 e. The maximum atomic E-state index is 12.5. The number of esters is 1. The van der Waals surface area contributed by atoms with Crippen LogP contribution in [0.3, 0.4) is 0 Å². The Morgan fingerprint density at radius 1 is 1.25 bits per heavy atom. The summed E-state index contributed by atoms with van der Waals surface area (Å²) in [5, 5.41) is 3.10. The molecule has 5 nitrogen and oxygen atoms in total. The summed E-state index contributed by atoms with van der Waals surface area (Å²) >= 11 is 0. The topological polar surface area (TPSA) is 58.6 Å². The van der Waals surface area contributed by atoms with E-state index in [1.807, 2.05) is 32.0 Å². The Morgan fingerprint density at radius 3 is 2.50 bits per heavy atom. The zero-order valence-corrected chi connectivity index (χ0v) is 15.0. The summed E-state index contributed by atoms with van der Waals surface area (Å²) in [6.07, 6.45) is 0.657. The largest absolute Gasteiger partial charge is 0.469 e. The molecule has 1 aliphatic heterocycles. The monoisotopic (exact) mass is 332 g/mol. The number of carbonyl (C=O) groups is 2. The minimum absolute atomic E-state index is 0.0357. The predicted octanol–water partition coefficient (Wildman–Crippen LogP) is 3.02. The molecule has 1 aromatic carbocycles. The summed E-state index contributed by atoms with van der Waals surface area (Å²) in [5.41, 5.74) is 1.21. The summed E-state index contributed by atoms with van der Waals surface area (Å²) < 4.78 is 4.84. The highest BCUT2D eigenvalue weighted by atomic mass is 16.5. The molecular formula is C19H28N2O3. The number of urea groups is 1. The fourth-order valence-electron chi connectivity index (χ4n) is 3.29. The van der Waals surface area contributed by atoms with Crippen molar-refractivity contribution in [3.63, 3.8) is 0 Å². The molecule has 1 aliphatic rings. The zero-order chi connectivity index (χ0) is 17.7. The fraction of sp³-hybridized carbons (Fsp3) is 0.579. The van der Waals surface area contributed by atoms with E-state index in [9.17, 15) is 9.59 Å². The second-order valence-corrected chi connectivity index (χ2v) is 6.78. The van der Waals surface area contributed by atoms with Crippen LogP contribution in [0, 0.1) is 11.8 Å². The first-order chi connectivity index (χ1) is 11.4. The normalized spacial score (nSPS) is 23.2. The highest BCUT2D eigenvalue weighted by molar-refractivity contribution is 5.76. The molecule has 2 amide bonds. The van der Waals surface area contributed by atoms with Crippen molar-refractivity contribution in [2.75, 3.05) is 20.2 Å². The molecule has 0 aromatic heterocycles. The van der Waals surface area contributed by atoms with Crippen LogP contribution in [0.15, 0.2) is 30.3 Å². The van der Waals surface area contributed by atoms with Crippen LogP contribution in [0.1, 0.15) is 38.7 Å². The minimum atomic E-state index is -0.173. The van der Waals surface area contributed by atoms with Gasteiger partial charge in [-0.1, -0.05) is 44.2 Å². The summed E-state index contributed by atoms with van der Waals surface area (Å²) in [6, 6.07) is 10.2. The molecule has 0 saturated carbocycles. The zero-order valence-electron chi connectivity index (χ0n) is 15.0. The van der Waals surface area contributed by atoms with E-state index >= 15 is 0 Å². The second kappa shape index (κ2) is 8.18. The molecule has 2 rings (SSSR count). The Labute approximate surface area is 144 Å². The first-order valence-corrected chi connectivity index (χ1v) is 8.62. The third-order valence-corrected chi connectivity index (χ3v) is 5.12. The van der Waals surface area contributed by atoms with E-state index in [4.69, 9.17) is 4.74 Å². The Morgan fingerprint density at radius 2 is 1.92 bits per heavy atom. The number of nitrogens with zero attached hydrogens (tertiary/aromatic N) is 1. The molecule has 0 bridgehead atoms. The van der Waals surface area contributed by atoms with E-state index in [0.717, 1.165) is 0 Å². The Kier molecular flexibility index (Phi) is 6.23. The van der Waals surface area contributed by atoms with Crippen LogP contribution >= 0.6 is 0 Å². The number of hydrogen-bond donors (Lipinski definition) is 1. The van der Waals surface area contributed by atoms with Gasteiger partial charge in [0.05, 0.1) is 13.0 Å². The molecule has 24 heavy (non-hydrogen) atoms. The van der Waals surface area contributed by atoms with Crippen LogP contribution in [0.2, 0.25) is 0 Å². The second-order valence-electron chi connectivity index (χ2n) is 6.78. The van der Waals surface area contributed by atoms with Crippen LogP contribution in [0.5, 0.6) is 0 Å². The van der Waals surface area contributed by atoms with Gasteiger partial charge in [0.25, 0.3) is 0 Å². The van der Waals surface area contributed by atoms with Crippen molar-refractivity contribution in [3.05, 3.63) is 35.9 Å². The predicted molar refractivity (Wildman–Crippen MR) is 93.7 cm³/mol. The fourth-order valence-corrected chi connectivity index (χ4v) is 3.29. The SMILES string of the molecule is COC(=O)[C@@H]1CCN(C(=O)N[C@H](C)[C@@H](C)c2ccccc2)C[C@@H]1C. The van der Waals surface area contributed by atoms with Crippen molar-refractivity contribution in [1.29, 1.82) is 0 Å². The molecule has 1 heterocycles. The highest BCUT2D eigenvalue weighted by Crippen LogP contribution is 2.25. The van der Waals surface area contributed by atoms with Gasteiger partial charge in [-0.05, 0) is 24.8 Å². The molecular weight excluding hydrogens is 304 g/mol. The number of likely N-dealkylation sites (tertiary alicyclic amines) is 1. The van der Waals surface area contributed by atoms with Crippen molar-refractivity contribution in [2.24, 2.45) is 11.8 Å². The van der Waals surface area contributed by atoms with Gasteiger partial charge in [0, 0.05) is 25.0 Å². The van der Waals surface area contributed by atoms with Gasteiger partial charge in [-0.2, -0.15) is 0 Å². The number of carbonyl (C=O) groups excluding carboxylic acids is 2. The molecule has 0 aliphatic carbocycles. The van der Waals surface area contributed by atoms with Crippen LogP contribution in [-0.2, 0) is 9.53 Å². The summed E-state index contributed by atoms with van der Waals surface area (Å²) in [7, 11) is 1.42. The molecule has 0 unspecified atom stereocenters. The number of ether oxygens (including phenoxy) is 1. The summed E-state index contributed by atoms with van der Waals surface area (Å²) in [4.78, 5) is 26.1. The van der Waals surface area contributed by atoms with Gasteiger partial charge >= 0.3 is 12.0 Å². The Bertz CT molecular complexity index is 561. The number of methoxy groups -OCH3 is 1. The lowest BCUT2D eigenvalue weighted by Crippen LogP contribution is -2.51. The third-order valence-electron chi connectivity index (χ3n) is 5.12. The van der Waals surface area contributed by atoms with Gasteiger partial charge in [-0.15, -0.1) is 0 Å². The number of benzene rings is 1. The first kappa shape index (κ1) is 18.3. The molecule has 1 aromatic rings. The Balaban J connectivity index is 1.90. The van der Waals surface area contributed by atoms with Crippen molar-refractivity contribution < 1.29 is 14.3 Å². The molecule has 0 spiro atoms. The average Bonchev–Trinajstić information content (AvgIpc) is 2.60. The molecule has 1 N–H and O–H groups in total. The van der Waals surface area contributed by atoms with E-state index < -0.39 is 0 Å². The number of piperidine rings is 1. The van der Waals surface area contributed by atoms with E-state index in [1.165, 1.54) is 12.7 Å². The van der Waals surface area contributed by atoms with Gasteiger partial charge in [-0.25, -0.2) is 4.79 Å². The van der Waals surface area contributed by atoms with Crippen LogP contribution in [0.4, 0.5) is 4.79 Å². The number of rotatable bonds is 4.